The molecule has 1 saturated carbocycles. The Balaban J connectivity index is 2.40. The summed E-state index contributed by atoms with van der Waals surface area (Å²) < 4.78 is 0. The SMILES string of the molecule is CC(N)C1CCC(Br)C(Cl)C1. The van der Waals surface area contributed by atoms with Crippen LogP contribution < -0.4 is 5.73 Å². The van der Waals surface area contributed by atoms with Crippen LogP contribution in [0.15, 0.2) is 0 Å². The predicted octanol–water partition coefficient (Wildman–Crippen LogP) is 2.50. The highest BCUT2D eigenvalue weighted by molar-refractivity contribution is 9.09. The maximum absolute atomic E-state index is 6.10. The average Bonchev–Trinajstić information content (AvgIpc) is 1.94. The molecule has 0 aromatic rings. The van der Waals surface area contributed by atoms with Gasteiger partial charge in [-0.1, -0.05) is 15.9 Å². The minimum Gasteiger partial charge on any atom is -0.328 e. The largest absolute Gasteiger partial charge is 0.328 e. The maximum atomic E-state index is 6.10. The van der Waals surface area contributed by atoms with Crippen molar-refractivity contribution in [3.05, 3.63) is 0 Å². The number of halogens is 2. The Bertz CT molecular complexity index is 129. The van der Waals surface area contributed by atoms with Gasteiger partial charge in [0, 0.05) is 16.2 Å². The zero-order valence-electron chi connectivity index (χ0n) is 6.76. The van der Waals surface area contributed by atoms with E-state index in [2.05, 4.69) is 22.9 Å². The van der Waals surface area contributed by atoms with Crippen LogP contribution in [-0.2, 0) is 0 Å². The summed E-state index contributed by atoms with van der Waals surface area (Å²) in [5, 5.41) is 0.278. The van der Waals surface area contributed by atoms with Crippen molar-refractivity contribution in [2.24, 2.45) is 11.7 Å². The smallest absolute Gasteiger partial charge is 0.0464 e. The monoisotopic (exact) mass is 239 g/mol. The Labute approximate surface area is 81.8 Å². The van der Waals surface area contributed by atoms with Crippen LogP contribution in [-0.4, -0.2) is 16.2 Å². The van der Waals surface area contributed by atoms with Gasteiger partial charge < -0.3 is 5.73 Å². The zero-order valence-corrected chi connectivity index (χ0v) is 9.11. The van der Waals surface area contributed by atoms with Gasteiger partial charge in [-0.05, 0) is 32.1 Å². The lowest BCUT2D eigenvalue weighted by Gasteiger charge is -2.31. The molecule has 0 aromatic carbocycles. The second kappa shape index (κ2) is 4.11. The van der Waals surface area contributed by atoms with Gasteiger partial charge in [0.05, 0.1) is 0 Å². The van der Waals surface area contributed by atoms with Crippen molar-refractivity contribution >= 4 is 27.5 Å². The summed E-state index contributed by atoms with van der Waals surface area (Å²) in [6.07, 6.45) is 3.45. The van der Waals surface area contributed by atoms with Gasteiger partial charge in [-0.3, -0.25) is 0 Å². The molecular formula is C8H15BrClN. The molecular weight excluding hydrogens is 225 g/mol. The fourth-order valence-corrected chi connectivity index (χ4v) is 2.42. The van der Waals surface area contributed by atoms with Gasteiger partial charge >= 0.3 is 0 Å². The number of alkyl halides is 2. The molecule has 0 radical (unpaired) electrons. The van der Waals surface area contributed by atoms with E-state index in [4.69, 9.17) is 17.3 Å². The minimum atomic E-state index is 0.278. The Hall–Kier alpha value is 0.730. The van der Waals surface area contributed by atoms with Gasteiger partial charge in [-0.25, -0.2) is 0 Å². The normalized spacial score (nSPS) is 42.0. The molecule has 0 aromatic heterocycles. The highest BCUT2D eigenvalue weighted by atomic mass is 79.9. The van der Waals surface area contributed by atoms with Crippen molar-refractivity contribution in [1.82, 2.24) is 0 Å². The molecule has 0 spiro atoms. The molecule has 4 atom stereocenters. The van der Waals surface area contributed by atoms with Crippen molar-refractivity contribution in [2.75, 3.05) is 0 Å². The summed E-state index contributed by atoms with van der Waals surface area (Å²) in [4.78, 5) is 0.499. The van der Waals surface area contributed by atoms with Gasteiger partial charge in [0.1, 0.15) is 0 Å². The van der Waals surface area contributed by atoms with Gasteiger partial charge in [0.15, 0.2) is 0 Å². The first kappa shape index (κ1) is 9.82. The molecule has 2 N–H and O–H groups in total. The first-order valence-corrected chi connectivity index (χ1v) is 5.50. The molecule has 0 aliphatic heterocycles. The molecule has 1 fully saturated rings. The fraction of sp³-hybridized carbons (Fsp3) is 1.00. The lowest BCUT2D eigenvalue weighted by Crippen LogP contribution is -2.35. The Kier molecular flexibility index (Phi) is 3.66. The summed E-state index contributed by atoms with van der Waals surface area (Å²) in [6, 6.07) is 0.302. The van der Waals surface area contributed by atoms with Crippen molar-refractivity contribution in [3.63, 3.8) is 0 Å². The van der Waals surface area contributed by atoms with E-state index in [9.17, 15) is 0 Å². The van der Waals surface area contributed by atoms with Crippen LogP contribution >= 0.6 is 27.5 Å². The number of hydrogen-bond acceptors (Lipinski definition) is 1. The van der Waals surface area contributed by atoms with E-state index >= 15 is 0 Å². The van der Waals surface area contributed by atoms with Crippen LogP contribution in [0.4, 0.5) is 0 Å². The zero-order chi connectivity index (χ0) is 8.43. The second-order valence-corrected chi connectivity index (χ2v) is 5.20. The summed E-state index contributed by atoms with van der Waals surface area (Å²) in [5.74, 6) is 0.631. The van der Waals surface area contributed by atoms with E-state index in [1.807, 2.05) is 0 Å². The molecule has 1 nitrogen and oxygen atoms in total. The van der Waals surface area contributed by atoms with Crippen LogP contribution in [0.3, 0.4) is 0 Å². The van der Waals surface area contributed by atoms with Crippen LogP contribution in [0.2, 0.25) is 0 Å². The molecule has 1 rings (SSSR count). The molecule has 66 valence electrons. The third kappa shape index (κ3) is 2.60. The predicted molar refractivity (Wildman–Crippen MR) is 53.3 cm³/mol. The van der Waals surface area contributed by atoms with Gasteiger partial charge in [0.2, 0.25) is 0 Å². The lowest BCUT2D eigenvalue weighted by molar-refractivity contribution is 0.328. The van der Waals surface area contributed by atoms with E-state index < -0.39 is 0 Å². The molecule has 0 bridgehead atoms. The molecule has 0 saturated heterocycles. The lowest BCUT2D eigenvalue weighted by atomic mass is 9.84. The van der Waals surface area contributed by atoms with Crippen LogP contribution in [0, 0.1) is 5.92 Å². The first-order chi connectivity index (χ1) is 5.11. The quantitative estimate of drug-likeness (QED) is 0.700. The summed E-state index contributed by atoms with van der Waals surface area (Å²) in [6.45, 7) is 2.07. The number of rotatable bonds is 1. The highest BCUT2D eigenvalue weighted by Gasteiger charge is 2.28. The van der Waals surface area contributed by atoms with Crippen molar-refractivity contribution in [2.45, 2.75) is 42.4 Å². The van der Waals surface area contributed by atoms with Gasteiger partial charge in [0.25, 0.3) is 0 Å². The summed E-state index contributed by atoms with van der Waals surface area (Å²) in [5.41, 5.74) is 5.80. The van der Waals surface area contributed by atoms with Crippen LogP contribution in [0.1, 0.15) is 26.2 Å². The molecule has 0 amide bonds. The Morgan fingerprint density at radius 2 is 2.18 bits per heavy atom. The maximum Gasteiger partial charge on any atom is 0.0464 e. The molecule has 0 heterocycles. The van der Waals surface area contributed by atoms with Gasteiger partial charge in [-0.2, -0.15) is 0 Å². The Morgan fingerprint density at radius 1 is 1.55 bits per heavy atom. The molecule has 11 heavy (non-hydrogen) atoms. The van der Waals surface area contributed by atoms with E-state index in [-0.39, 0.29) is 5.38 Å². The third-order valence-electron chi connectivity index (χ3n) is 2.48. The second-order valence-electron chi connectivity index (χ2n) is 3.46. The van der Waals surface area contributed by atoms with Crippen LogP contribution in [0.5, 0.6) is 0 Å². The van der Waals surface area contributed by atoms with E-state index in [1.54, 1.807) is 0 Å². The standard InChI is InChI=1S/C8H15BrClN/c1-5(11)6-2-3-7(9)8(10)4-6/h5-8H,2-4,11H2,1H3. The molecule has 4 unspecified atom stereocenters. The van der Waals surface area contributed by atoms with Gasteiger partial charge in [-0.15, -0.1) is 11.6 Å². The molecule has 3 heteroatoms. The number of hydrogen-bond donors (Lipinski definition) is 1. The van der Waals surface area contributed by atoms with Crippen LogP contribution in [0.25, 0.3) is 0 Å². The molecule has 1 aliphatic carbocycles. The fourth-order valence-electron chi connectivity index (χ4n) is 1.59. The van der Waals surface area contributed by atoms with E-state index in [1.165, 1.54) is 12.8 Å². The van der Waals surface area contributed by atoms with E-state index in [0.29, 0.717) is 16.8 Å². The first-order valence-electron chi connectivity index (χ1n) is 4.15. The average molecular weight is 241 g/mol. The molecule has 1 aliphatic rings. The van der Waals surface area contributed by atoms with Crippen molar-refractivity contribution < 1.29 is 0 Å². The van der Waals surface area contributed by atoms with Crippen molar-refractivity contribution in [1.29, 1.82) is 0 Å². The van der Waals surface area contributed by atoms with Crippen molar-refractivity contribution in [3.8, 4) is 0 Å². The van der Waals surface area contributed by atoms with E-state index in [0.717, 1.165) is 6.42 Å². The Morgan fingerprint density at radius 3 is 2.64 bits per heavy atom. The highest BCUT2D eigenvalue weighted by Crippen LogP contribution is 2.33. The summed E-state index contributed by atoms with van der Waals surface area (Å²) in [7, 11) is 0. The number of nitrogens with two attached hydrogens (primary N) is 1. The third-order valence-corrected chi connectivity index (χ3v) is 4.36. The minimum absolute atomic E-state index is 0.278. The topological polar surface area (TPSA) is 26.0 Å². The summed E-state index contributed by atoms with van der Waals surface area (Å²) >= 11 is 9.66.